The Morgan fingerprint density at radius 1 is 1.36 bits per heavy atom. The zero-order valence-electron chi connectivity index (χ0n) is 5.46. The largest absolute Gasteiger partial charge is 0.411 e. The molecule has 0 saturated carbocycles. The van der Waals surface area contributed by atoms with Gasteiger partial charge in [-0.15, -0.1) is 0 Å². The molecule has 0 radical (unpaired) electrons. The summed E-state index contributed by atoms with van der Waals surface area (Å²) in [4.78, 5) is 0. The van der Waals surface area contributed by atoms with E-state index in [2.05, 4.69) is 5.16 Å². The maximum atomic E-state index is 12.6. The van der Waals surface area contributed by atoms with Gasteiger partial charge in [-0.05, 0) is 12.1 Å². The van der Waals surface area contributed by atoms with Crippen molar-refractivity contribution in [2.45, 2.75) is 0 Å². The lowest BCUT2D eigenvalue weighted by atomic mass is 10.2. The van der Waals surface area contributed by atoms with Gasteiger partial charge in [-0.1, -0.05) is 5.16 Å². The normalized spacial score (nSPS) is 10.7. The van der Waals surface area contributed by atoms with Gasteiger partial charge >= 0.3 is 0 Å². The molecule has 1 aromatic rings. The molecular formula is C7H5F2NO. The van der Waals surface area contributed by atoms with Gasteiger partial charge in [-0.3, -0.25) is 0 Å². The molecule has 4 heteroatoms. The van der Waals surface area contributed by atoms with E-state index in [1.165, 1.54) is 6.07 Å². The molecule has 0 aliphatic heterocycles. The summed E-state index contributed by atoms with van der Waals surface area (Å²) in [6.45, 7) is 0. The summed E-state index contributed by atoms with van der Waals surface area (Å²) in [5.74, 6) is -1.40. The van der Waals surface area contributed by atoms with Crippen LogP contribution >= 0.6 is 0 Å². The van der Waals surface area contributed by atoms with Crippen LogP contribution in [0.25, 0.3) is 0 Å². The van der Waals surface area contributed by atoms with E-state index in [-0.39, 0.29) is 5.56 Å². The maximum Gasteiger partial charge on any atom is 0.135 e. The summed E-state index contributed by atoms with van der Waals surface area (Å²) >= 11 is 0. The Labute approximate surface area is 61.8 Å². The summed E-state index contributed by atoms with van der Waals surface area (Å²) in [7, 11) is 0. The summed E-state index contributed by atoms with van der Waals surface area (Å²) in [5, 5.41) is 10.6. The number of hydrogen-bond donors (Lipinski definition) is 1. The van der Waals surface area contributed by atoms with Crippen LogP contribution in [-0.4, -0.2) is 11.4 Å². The maximum absolute atomic E-state index is 12.6. The Hall–Kier alpha value is -1.45. The van der Waals surface area contributed by atoms with Crippen LogP contribution in [0.1, 0.15) is 5.56 Å². The topological polar surface area (TPSA) is 32.6 Å². The molecule has 0 heterocycles. The standard InChI is InChI=1S/C7H5F2NO/c8-6-2-1-5(4-10-11)7(9)3-6/h1-4,11H/b10-4+. The van der Waals surface area contributed by atoms with E-state index in [1.807, 2.05) is 0 Å². The predicted octanol–water partition coefficient (Wildman–Crippen LogP) is 1.77. The predicted molar refractivity (Wildman–Crippen MR) is 35.7 cm³/mol. The fourth-order valence-electron chi connectivity index (χ4n) is 0.668. The SMILES string of the molecule is O/N=C/c1ccc(F)cc1F. The van der Waals surface area contributed by atoms with Crippen molar-refractivity contribution in [2.24, 2.45) is 5.16 Å². The second kappa shape index (κ2) is 3.09. The van der Waals surface area contributed by atoms with Crippen molar-refractivity contribution in [1.29, 1.82) is 0 Å². The molecule has 0 aliphatic rings. The van der Waals surface area contributed by atoms with Gasteiger partial charge in [0.2, 0.25) is 0 Å². The van der Waals surface area contributed by atoms with Crippen molar-refractivity contribution in [1.82, 2.24) is 0 Å². The van der Waals surface area contributed by atoms with Crippen LogP contribution in [0.2, 0.25) is 0 Å². The first kappa shape index (κ1) is 7.65. The van der Waals surface area contributed by atoms with Gasteiger partial charge in [0, 0.05) is 11.6 Å². The summed E-state index contributed by atoms with van der Waals surface area (Å²) in [5.41, 5.74) is 0.0499. The number of halogens is 2. The molecule has 0 amide bonds. The Bertz CT molecular complexity index is 286. The molecule has 1 aromatic carbocycles. The van der Waals surface area contributed by atoms with Gasteiger partial charge < -0.3 is 5.21 Å². The average Bonchev–Trinajstić information content (AvgIpc) is 1.95. The van der Waals surface area contributed by atoms with E-state index in [0.29, 0.717) is 0 Å². The van der Waals surface area contributed by atoms with Gasteiger partial charge in [0.25, 0.3) is 0 Å². The van der Waals surface area contributed by atoms with Crippen LogP contribution in [0.3, 0.4) is 0 Å². The lowest BCUT2D eigenvalue weighted by molar-refractivity contribution is 0.321. The molecule has 1 N–H and O–H groups in total. The third-order valence-corrected chi connectivity index (χ3v) is 1.16. The first-order chi connectivity index (χ1) is 5.24. The van der Waals surface area contributed by atoms with Crippen LogP contribution < -0.4 is 0 Å². The Balaban J connectivity index is 3.09. The van der Waals surface area contributed by atoms with Crippen molar-refractivity contribution >= 4 is 6.21 Å². The molecule has 0 saturated heterocycles. The van der Waals surface area contributed by atoms with E-state index < -0.39 is 11.6 Å². The van der Waals surface area contributed by atoms with Crippen LogP contribution in [0.15, 0.2) is 23.4 Å². The highest BCUT2D eigenvalue weighted by Gasteiger charge is 1.99. The van der Waals surface area contributed by atoms with Gasteiger partial charge in [0.05, 0.1) is 6.21 Å². The van der Waals surface area contributed by atoms with E-state index in [1.54, 1.807) is 0 Å². The third kappa shape index (κ3) is 1.73. The molecule has 0 fully saturated rings. The minimum atomic E-state index is -0.747. The van der Waals surface area contributed by atoms with E-state index in [9.17, 15) is 8.78 Å². The van der Waals surface area contributed by atoms with Crippen LogP contribution in [0, 0.1) is 11.6 Å². The van der Waals surface area contributed by atoms with E-state index >= 15 is 0 Å². The quantitative estimate of drug-likeness (QED) is 0.376. The summed E-state index contributed by atoms with van der Waals surface area (Å²) in [6, 6.07) is 2.99. The Kier molecular flexibility index (Phi) is 2.15. The molecule has 58 valence electrons. The Morgan fingerprint density at radius 3 is 2.64 bits per heavy atom. The molecular weight excluding hydrogens is 152 g/mol. The first-order valence-corrected chi connectivity index (χ1v) is 2.86. The summed E-state index contributed by atoms with van der Waals surface area (Å²) in [6.07, 6.45) is 0.898. The lowest BCUT2D eigenvalue weighted by Crippen LogP contribution is -1.88. The second-order valence-electron chi connectivity index (χ2n) is 1.91. The van der Waals surface area contributed by atoms with Gasteiger partial charge in [0.1, 0.15) is 11.6 Å². The average molecular weight is 157 g/mol. The minimum Gasteiger partial charge on any atom is -0.411 e. The Morgan fingerprint density at radius 2 is 2.09 bits per heavy atom. The van der Waals surface area contributed by atoms with Crippen molar-refractivity contribution in [3.63, 3.8) is 0 Å². The third-order valence-electron chi connectivity index (χ3n) is 1.16. The summed E-state index contributed by atoms with van der Waals surface area (Å²) < 4.78 is 24.8. The van der Waals surface area contributed by atoms with Gasteiger partial charge in [-0.25, -0.2) is 8.78 Å². The van der Waals surface area contributed by atoms with E-state index in [0.717, 1.165) is 18.3 Å². The smallest absolute Gasteiger partial charge is 0.135 e. The van der Waals surface area contributed by atoms with Crippen molar-refractivity contribution < 1.29 is 14.0 Å². The zero-order chi connectivity index (χ0) is 8.27. The van der Waals surface area contributed by atoms with Crippen molar-refractivity contribution in [3.8, 4) is 0 Å². The zero-order valence-corrected chi connectivity index (χ0v) is 5.46. The molecule has 2 nitrogen and oxygen atoms in total. The van der Waals surface area contributed by atoms with Crippen LogP contribution in [-0.2, 0) is 0 Å². The van der Waals surface area contributed by atoms with E-state index in [4.69, 9.17) is 5.21 Å². The molecule has 11 heavy (non-hydrogen) atoms. The fraction of sp³-hybridized carbons (Fsp3) is 0. The highest BCUT2D eigenvalue weighted by Crippen LogP contribution is 2.06. The minimum absolute atomic E-state index is 0.0499. The number of benzene rings is 1. The van der Waals surface area contributed by atoms with Crippen molar-refractivity contribution in [2.75, 3.05) is 0 Å². The second-order valence-corrected chi connectivity index (χ2v) is 1.91. The molecule has 0 spiro atoms. The molecule has 0 aromatic heterocycles. The fourth-order valence-corrected chi connectivity index (χ4v) is 0.668. The molecule has 0 atom stereocenters. The highest BCUT2D eigenvalue weighted by atomic mass is 19.1. The molecule has 0 bridgehead atoms. The number of nitrogens with zero attached hydrogens (tertiary/aromatic N) is 1. The monoisotopic (exact) mass is 157 g/mol. The van der Waals surface area contributed by atoms with Crippen LogP contribution in [0.5, 0.6) is 0 Å². The first-order valence-electron chi connectivity index (χ1n) is 2.86. The lowest BCUT2D eigenvalue weighted by Gasteiger charge is -1.93. The molecule has 0 aliphatic carbocycles. The number of rotatable bonds is 1. The molecule has 1 rings (SSSR count). The van der Waals surface area contributed by atoms with Gasteiger partial charge in [-0.2, -0.15) is 0 Å². The molecule has 0 unspecified atom stereocenters. The number of hydrogen-bond acceptors (Lipinski definition) is 2. The van der Waals surface area contributed by atoms with Crippen LogP contribution in [0.4, 0.5) is 8.78 Å². The van der Waals surface area contributed by atoms with Gasteiger partial charge in [0.15, 0.2) is 0 Å². The highest BCUT2D eigenvalue weighted by molar-refractivity contribution is 5.79. The van der Waals surface area contributed by atoms with Crippen molar-refractivity contribution in [3.05, 3.63) is 35.4 Å². The number of oxime groups is 1.